The quantitative estimate of drug-likeness (QED) is 0.549. The number of carbonyl (C=O) groups is 2. The number of hydrogen-bond donors (Lipinski definition) is 2. The van der Waals surface area contributed by atoms with Crippen LogP contribution in [-0.2, 0) is 10.2 Å². The molecule has 0 saturated heterocycles. The minimum Gasteiger partial charge on any atom is -0.494 e. The van der Waals surface area contributed by atoms with Gasteiger partial charge in [-0.1, -0.05) is 39.0 Å². The number of anilines is 1. The molecular weight excluding hydrogens is 356 g/mol. The highest BCUT2D eigenvalue weighted by Gasteiger charge is 2.13. The molecule has 0 atom stereocenters. The molecule has 0 aromatic heterocycles. The van der Waals surface area contributed by atoms with Gasteiger partial charge in [0.25, 0.3) is 0 Å². The number of urea groups is 1. The first-order chi connectivity index (χ1) is 13.3. The van der Waals surface area contributed by atoms with Crippen LogP contribution in [0.3, 0.4) is 0 Å². The predicted octanol–water partition coefficient (Wildman–Crippen LogP) is 4.36. The van der Waals surface area contributed by atoms with Gasteiger partial charge in [0.1, 0.15) is 5.75 Å². The topological polar surface area (TPSA) is 76.7 Å². The van der Waals surface area contributed by atoms with Crippen molar-refractivity contribution >= 4 is 17.7 Å². The summed E-state index contributed by atoms with van der Waals surface area (Å²) in [6.45, 7) is 7.50. The maximum Gasteiger partial charge on any atom is 0.337 e. The van der Waals surface area contributed by atoms with Gasteiger partial charge in [-0.2, -0.15) is 0 Å². The lowest BCUT2D eigenvalue weighted by atomic mass is 9.87. The van der Waals surface area contributed by atoms with Crippen molar-refractivity contribution in [3.05, 3.63) is 59.7 Å². The second-order valence-corrected chi connectivity index (χ2v) is 7.43. The minimum atomic E-state index is -0.447. The highest BCUT2D eigenvalue weighted by Crippen LogP contribution is 2.24. The number of carbonyl (C=O) groups excluding carboxylic acids is 2. The first-order valence-electron chi connectivity index (χ1n) is 9.26. The molecule has 0 spiro atoms. The van der Waals surface area contributed by atoms with E-state index in [4.69, 9.17) is 4.74 Å². The number of methoxy groups -OCH3 is 1. The highest BCUT2D eigenvalue weighted by molar-refractivity contribution is 5.93. The first kappa shape index (κ1) is 21.3. The Labute approximate surface area is 166 Å². The smallest absolute Gasteiger partial charge is 0.337 e. The van der Waals surface area contributed by atoms with E-state index in [1.54, 1.807) is 24.3 Å². The van der Waals surface area contributed by atoms with Crippen molar-refractivity contribution in [3.8, 4) is 5.75 Å². The van der Waals surface area contributed by atoms with Crippen molar-refractivity contribution in [2.75, 3.05) is 25.6 Å². The van der Waals surface area contributed by atoms with Crippen LogP contribution in [0.25, 0.3) is 0 Å². The molecule has 0 aliphatic rings. The Morgan fingerprint density at radius 3 is 2.39 bits per heavy atom. The molecule has 0 heterocycles. The van der Waals surface area contributed by atoms with Crippen molar-refractivity contribution in [1.29, 1.82) is 0 Å². The molecule has 150 valence electrons. The summed E-state index contributed by atoms with van der Waals surface area (Å²) in [5, 5.41) is 5.45. The fraction of sp³-hybridized carbons (Fsp3) is 0.364. The number of ether oxygens (including phenoxy) is 2. The summed E-state index contributed by atoms with van der Waals surface area (Å²) in [4.78, 5) is 23.5. The van der Waals surface area contributed by atoms with Gasteiger partial charge in [-0.25, -0.2) is 9.59 Å². The third-order valence-electron chi connectivity index (χ3n) is 4.14. The van der Waals surface area contributed by atoms with Gasteiger partial charge < -0.3 is 20.1 Å². The van der Waals surface area contributed by atoms with Crippen LogP contribution in [0.5, 0.6) is 5.75 Å². The van der Waals surface area contributed by atoms with E-state index in [1.807, 2.05) is 12.1 Å². The summed E-state index contributed by atoms with van der Waals surface area (Å²) in [6, 6.07) is 14.3. The average Bonchev–Trinajstić information content (AvgIpc) is 2.67. The van der Waals surface area contributed by atoms with Crippen molar-refractivity contribution in [3.63, 3.8) is 0 Å². The molecular formula is C22H28N2O4. The van der Waals surface area contributed by atoms with E-state index in [2.05, 4.69) is 48.3 Å². The fourth-order valence-electron chi connectivity index (χ4n) is 2.53. The molecule has 2 rings (SSSR count). The van der Waals surface area contributed by atoms with E-state index in [0.29, 0.717) is 30.8 Å². The van der Waals surface area contributed by atoms with Crippen molar-refractivity contribution in [1.82, 2.24) is 5.32 Å². The molecule has 0 fully saturated rings. The second kappa shape index (κ2) is 9.78. The van der Waals surface area contributed by atoms with Crippen molar-refractivity contribution < 1.29 is 19.1 Å². The molecule has 0 unspecified atom stereocenters. The maximum absolute atomic E-state index is 11.9. The van der Waals surface area contributed by atoms with Crippen LogP contribution < -0.4 is 15.4 Å². The Morgan fingerprint density at radius 2 is 1.75 bits per heavy atom. The Hall–Kier alpha value is -3.02. The fourth-order valence-corrected chi connectivity index (χ4v) is 2.53. The minimum absolute atomic E-state index is 0.117. The van der Waals surface area contributed by atoms with Crippen LogP contribution in [0, 0.1) is 0 Å². The Balaban J connectivity index is 1.69. The lowest BCUT2D eigenvalue weighted by Crippen LogP contribution is -2.30. The van der Waals surface area contributed by atoms with Crippen LogP contribution in [0.2, 0.25) is 0 Å². The van der Waals surface area contributed by atoms with Crippen LogP contribution in [0.1, 0.15) is 43.1 Å². The molecule has 6 heteroatoms. The highest BCUT2D eigenvalue weighted by atomic mass is 16.5. The van der Waals surface area contributed by atoms with Gasteiger partial charge >= 0.3 is 12.0 Å². The average molecular weight is 384 g/mol. The molecule has 2 aromatic carbocycles. The Morgan fingerprint density at radius 1 is 1.04 bits per heavy atom. The summed E-state index contributed by atoms with van der Waals surface area (Å²) >= 11 is 0. The first-order valence-corrected chi connectivity index (χ1v) is 9.26. The van der Waals surface area contributed by atoms with E-state index >= 15 is 0 Å². The van der Waals surface area contributed by atoms with E-state index in [1.165, 1.54) is 12.7 Å². The summed E-state index contributed by atoms with van der Waals surface area (Å²) in [5.74, 6) is 0.369. The van der Waals surface area contributed by atoms with Gasteiger partial charge in [-0.15, -0.1) is 0 Å². The molecule has 0 bridgehead atoms. The molecule has 0 aliphatic heterocycles. The van der Waals surface area contributed by atoms with Crippen LogP contribution in [0.4, 0.5) is 10.5 Å². The molecule has 0 aliphatic carbocycles. The van der Waals surface area contributed by atoms with Crippen LogP contribution in [-0.4, -0.2) is 32.3 Å². The summed E-state index contributed by atoms with van der Waals surface area (Å²) in [7, 11) is 1.32. The SMILES string of the molecule is COC(=O)c1cccc(NC(=O)NCCCOc2ccc(C(C)(C)C)cc2)c1. The van der Waals surface area contributed by atoms with Gasteiger partial charge in [0.05, 0.1) is 19.3 Å². The maximum atomic E-state index is 11.9. The van der Waals surface area contributed by atoms with E-state index < -0.39 is 5.97 Å². The monoisotopic (exact) mass is 384 g/mol. The predicted molar refractivity (Wildman–Crippen MR) is 110 cm³/mol. The van der Waals surface area contributed by atoms with Crippen molar-refractivity contribution in [2.24, 2.45) is 0 Å². The Bertz CT molecular complexity index is 795. The normalized spacial score (nSPS) is 10.9. The van der Waals surface area contributed by atoms with E-state index in [0.717, 1.165) is 5.75 Å². The summed E-state index contributed by atoms with van der Waals surface area (Å²) < 4.78 is 10.4. The van der Waals surface area contributed by atoms with E-state index in [-0.39, 0.29) is 11.4 Å². The number of hydrogen-bond acceptors (Lipinski definition) is 4. The van der Waals surface area contributed by atoms with Gasteiger partial charge in [-0.3, -0.25) is 0 Å². The number of rotatable bonds is 7. The zero-order chi connectivity index (χ0) is 20.6. The molecule has 2 N–H and O–H groups in total. The van der Waals surface area contributed by atoms with Gasteiger partial charge in [0.2, 0.25) is 0 Å². The number of esters is 1. The molecule has 0 radical (unpaired) electrons. The molecule has 2 aromatic rings. The third-order valence-corrected chi connectivity index (χ3v) is 4.14. The largest absolute Gasteiger partial charge is 0.494 e. The third kappa shape index (κ3) is 6.61. The number of amides is 2. The molecule has 6 nitrogen and oxygen atoms in total. The lowest BCUT2D eigenvalue weighted by molar-refractivity contribution is 0.0600. The second-order valence-electron chi connectivity index (χ2n) is 7.43. The zero-order valence-corrected chi connectivity index (χ0v) is 16.9. The van der Waals surface area contributed by atoms with Gasteiger partial charge in [-0.05, 0) is 47.7 Å². The number of nitrogens with one attached hydrogen (secondary N) is 2. The zero-order valence-electron chi connectivity index (χ0n) is 16.9. The lowest BCUT2D eigenvalue weighted by Gasteiger charge is -2.19. The summed E-state index contributed by atoms with van der Waals surface area (Å²) in [6.07, 6.45) is 0.677. The van der Waals surface area contributed by atoms with Crippen molar-refractivity contribution in [2.45, 2.75) is 32.6 Å². The Kier molecular flexibility index (Phi) is 7.44. The van der Waals surface area contributed by atoms with Gasteiger partial charge in [0, 0.05) is 12.2 Å². The molecule has 0 saturated carbocycles. The van der Waals surface area contributed by atoms with E-state index in [9.17, 15) is 9.59 Å². The van der Waals surface area contributed by atoms with Crippen LogP contribution >= 0.6 is 0 Å². The molecule has 2 amide bonds. The number of benzene rings is 2. The summed E-state index contributed by atoms with van der Waals surface area (Å²) in [5.41, 5.74) is 2.28. The van der Waals surface area contributed by atoms with Crippen LogP contribution in [0.15, 0.2) is 48.5 Å². The van der Waals surface area contributed by atoms with Gasteiger partial charge in [0.15, 0.2) is 0 Å². The molecule has 28 heavy (non-hydrogen) atoms. The standard InChI is InChI=1S/C22H28N2O4/c1-22(2,3)17-9-11-19(12-10-17)28-14-6-13-23-21(26)24-18-8-5-7-16(15-18)20(25)27-4/h5,7-12,15H,6,13-14H2,1-4H3,(H2,23,24,26).